The van der Waals surface area contributed by atoms with Gasteiger partial charge in [0.2, 0.25) is 5.95 Å². The van der Waals surface area contributed by atoms with E-state index in [4.69, 9.17) is 0 Å². The summed E-state index contributed by atoms with van der Waals surface area (Å²) in [5.41, 5.74) is 3.37. The fourth-order valence-electron chi connectivity index (χ4n) is 4.25. The first-order chi connectivity index (χ1) is 16.2. The molecule has 0 bridgehead atoms. The van der Waals surface area contributed by atoms with Crippen LogP contribution in [0.15, 0.2) is 47.5 Å². The molecule has 4 aromatic rings. The van der Waals surface area contributed by atoms with Crippen molar-refractivity contribution >= 4 is 22.7 Å². The number of fused-ring (bicyclic) bond motifs is 2. The van der Waals surface area contributed by atoms with Crippen molar-refractivity contribution < 1.29 is 8.78 Å². The third kappa shape index (κ3) is 3.94. The zero-order valence-electron chi connectivity index (χ0n) is 19.1. The van der Waals surface area contributed by atoms with Crippen LogP contribution in [0.25, 0.3) is 16.7 Å². The molecule has 4 heterocycles. The summed E-state index contributed by atoms with van der Waals surface area (Å²) >= 11 is 0. The molecule has 2 N–H and O–H groups in total. The lowest BCUT2D eigenvalue weighted by Gasteiger charge is -2.18. The zero-order chi connectivity index (χ0) is 24.0. The Balaban J connectivity index is 1.63. The van der Waals surface area contributed by atoms with Crippen molar-refractivity contribution in [1.82, 2.24) is 29.6 Å². The lowest BCUT2D eigenvalue weighted by Crippen LogP contribution is -2.24. The number of halogens is 2. The standard InChI is InChI=1S/C24H25F2N7O/c1-14(2)32-22(34)19-13-29-23(30-17-5-4-15-6-8-27-12-16(15)10-17)31-21(19)33(32)18-7-9-28-20(11-18)24(3,25)26/h4-5,7,9-11,13-14,27H,6,8,12H2,1-3H3,(H,29,30,31). The Morgan fingerprint density at radius 2 is 1.97 bits per heavy atom. The Morgan fingerprint density at radius 3 is 2.74 bits per heavy atom. The molecule has 34 heavy (non-hydrogen) atoms. The summed E-state index contributed by atoms with van der Waals surface area (Å²) in [4.78, 5) is 25.9. The molecule has 3 aromatic heterocycles. The molecule has 10 heteroatoms. The lowest BCUT2D eigenvalue weighted by atomic mass is 10.0. The van der Waals surface area contributed by atoms with Gasteiger partial charge in [0.05, 0.1) is 5.69 Å². The molecule has 176 valence electrons. The third-order valence-electron chi connectivity index (χ3n) is 5.90. The maximum Gasteiger partial charge on any atom is 0.287 e. The van der Waals surface area contributed by atoms with Crippen molar-refractivity contribution in [2.75, 3.05) is 11.9 Å². The van der Waals surface area contributed by atoms with Crippen LogP contribution in [0.4, 0.5) is 20.4 Å². The molecule has 1 aliphatic rings. The second-order valence-electron chi connectivity index (χ2n) is 8.81. The molecule has 0 unspecified atom stereocenters. The number of pyridine rings is 1. The van der Waals surface area contributed by atoms with E-state index in [-0.39, 0.29) is 17.3 Å². The average molecular weight is 466 g/mol. The number of benzene rings is 1. The molecule has 0 fully saturated rings. The molecule has 1 aliphatic heterocycles. The van der Waals surface area contributed by atoms with Crippen LogP contribution >= 0.6 is 0 Å². The van der Waals surface area contributed by atoms with E-state index < -0.39 is 5.92 Å². The molecule has 0 aliphatic carbocycles. The molecule has 0 atom stereocenters. The average Bonchev–Trinajstić information content (AvgIpc) is 3.10. The van der Waals surface area contributed by atoms with Gasteiger partial charge in [-0.2, -0.15) is 13.8 Å². The summed E-state index contributed by atoms with van der Waals surface area (Å²) in [6.07, 6.45) is 3.77. The fourth-order valence-corrected chi connectivity index (χ4v) is 4.25. The molecular weight excluding hydrogens is 440 g/mol. The van der Waals surface area contributed by atoms with Crippen molar-refractivity contribution in [3.8, 4) is 5.69 Å². The number of hydrogen-bond donors (Lipinski definition) is 2. The number of anilines is 2. The third-order valence-corrected chi connectivity index (χ3v) is 5.90. The maximum absolute atomic E-state index is 14.0. The summed E-state index contributed by atoms with van der Waals surface area (Å²) in [6, 6.07) is 8.74. The molecule has 0 saturated heterocycles. The minimum absolute atomic E-state index is 0.245. The maximum atomic E-state index is 14.0. The Morgan fingerprint density at radius 1 is 1.15 bits per heavy atom. The summed E-state index contributed by atoms with van der Waals surface area (Å²) in [5, 5.41) is 6.87. The second kappa shape index (κ2) is 8.28. The molecule has 5 rings (SSSR count). The quantitative estimate of drug-likeness (QED) is 0.462. The van der Waals surface area contributed by atoms with Crippen molar-refractivity contribution in [2.45, 2.75) is 45.7 Å². The SMILES string of the molecule is CC(C)n1c(=O)c2cnc(Nc3ccc4c(c3)CNCC4)nc2n1-c1ccnc(C(C)(F)F)c1. The topological polar surface area (TPSA) is 89.7 Å². The highest BCUT2D eigenvalue weighted by Gasteiger charge is 2.27. The van der Waals surface area contributed by atoms with E-state index in [1.807, 2.05) is 19.9 Å². The van der Waals surface area contributed by atoms with Crippen LogP contribution in [-0.4, -0.2) is 30.9 Å². The van der Waals surface area contributed by atoms with Crippen LogP contribution in [0.1, 0.15) is 43.6 Å². The van der Waals surface area contributed by atoms with Gasteiger partial charge in [-0.05, 0) is 62.2 Å². The van der Waals surface area contributed by atoms with Crippen LogP contribution in [0.5, 0.6) is 0 Å². The molecule has 0 saturated carbocycles. The predicted octanol–water partition coefficient (Wildman–Crippen LogP) is 4.06. The van der Waals surface area contributed by atoms with E-state index in [0.717, 1.165) is 32.1 Å². The Bertz CT molecular complexity index is 1440. The van der Waals surface area contributed by atoms with E-state index in [0.29, 0.717) is 22.7 Å². The van der Waals surface area contributed by atoms with Crippen molar-refractivity contribution in [1.29, 1.82) is 0 Å². The van der Waals surface area contributed by atoms with Gasteiger partial charge >= 0.3 is 0 Å². The van der Waals surface area contributed by atoms with Gasteiger partial charge in [-0.1, -0.05) is 6.07 Å². The highest BCUT2D eigenvalue weighted by atomic mass is 19.3. The Kier molecular flexibility index (Phi) is 5.40. The van der Waals surface area contributed by atoms with Crippen LogP contribution in [0.3, 0.4) is 0 Å². The first-order valence-electron chi connectivity index (χ1n) is 11.2. The number of nitrogens with one attached hydrogen (secondary N) is 2. The van der Waals surface area contributed by atoms with Crippen LogP contribution in [0, 0.1) is 0 Å². The monoisotopic (exact) mass is 465 g/mol. The number of nitrogens with zero attached hydrogens (tertiary/aromatic N) is 5. The van der Waals surface area contributed by atoms with Gasteiger partial charge in [-0.15, -0.1) is 0 Å². The highest BCUT2D eigenvalue weighted by molar-refractivity contribution is 5.77. The van der Waals surface area contributed by atoms with Crippen molar-refractivity contribution in [3.05, 3.63) is 69.9 Å². The van der Waals surface area contributed by atoms with E-state index >= 15 is 0 Å². The number of alkyl halides is 2. The molecule has 8 nitrogen and oxygen atoms in total. The lowest BCUT2D eigenvalue weighted by molar-refractivity contribution is 0.0127. The van der Waals surface area contributed by atoms with Crippen LogP contribution < -0.4 is 16.2 Å². The van der Waals surface area contributed by atoms with Crippen molar-refractivity contribution in [2.24, 2.45) is 0 Å². The smallest absolute Gasteiger partial charge is 0.287 e. The Labute approximate surface area is 194 Å². The van der Waals surface area contributed by atoms with Gasteiger partial charge in [-0.25, -0.2) is 14.3 Å². The summed E-state index contributed by atoms with van der Waals surface area (Å²) < 4.78 is 31.0. The molecule has 0 radical (unpaired) electrons. The van der Waals surface area contributed by atoms with Crippen molar-refractivity contribution in [3.63, 3.8) is 0 Å². The van der Waals surface area contributed by atoms with E-state index in [2.05, 4.69) is 37.7 Å². The molecule has 0 amide bonds. The molecule has 1 aromatic carbocycles. The van der Waals surface area contributed by atoms with Crippen LogP contribution in [-0.2, 0) is 18.9 Å². The van der Waals surface area contributed by atoms with E-state index in [9.17, 15) is 13.6 Å². The summed E-state index contributed by atoms with van der Waals surface area (Å²) in [7, 11) is 0. The van der Waals surface area contributed by atoms with Gasteiger partial charge in [0.1, 0.15) is 11.1 Å². The highest BCUT2D eigenvalue weighted by Crippen LogP contribution is 2.28. The van der Waals surface area contributed by atoms with Crippen LogP contribution in [0.2, 0.25) is 0 Å². The first-order valence-corrected chi connectivity index (χ1v) is 11.2. The largest absolute Gasteiger partial charge is 0.324 e. The molecular formula is C24H25F2N7O. The first kappa shape index (κ1) is 22.1. The Hall–Kier alpha value is -3.66. The van der Waals surface area contributed by atoms with Gasteiger partial charge in [0.25, 0.3) is 11.5 Å². The number of hydrogen-bond acceptors (Lipinski definition) is 6. The van der Waals surface area contributed by atoms with Gasteiger partial charge < -0.3 is 10.6 Å². The van der Waals surface area contributed by atoms with Gasteiger partial charge in [0.15, 0.2) is 5.65 Å². The number of rotatable bonds is 5. The normalized spacial score (nSPS) is 13.9. The van der Waals surface area contributed by atoms with E-state index in [1.165, 1.54) is 34.3 Å². The molecule has 0 spiro atoms. The minimum Gasteiger partial charge on any atom is -0.324 e. The van der Waals surface area contributed by atoms with Gasteiger partial charge in [-0.3, -0.25) is 9.78 Å². The van der Waals surface area contributed by atoms with E-state index in [1.54, 1.807) is 10.7 Å². The fraction of sp³-hybridized carbons (Fsp3) is 0.333. The number of aromatic nitrogens is 5. The second-order valence-corrected chi connectivity index (χ2v) is 8.81. The predicted molar refractivity (Wildman–Crippen MR) is 126 cm³/mol. The zero-order valence-corrected chi connectivity index (χ0v) is 19.1. The summed E-state index contributed by atoms with van der Waals surface area (Å²) in [6.45, 7) is 6.25. The minimum atomic E-state index is -3.12. The van der Waals surface area contributed by atoms with Gasteiger partial charge in [0, 0.05) is 37.6 Å². The summed E-state index contributed by atoms with van der Waals surface area (Å²) in [5.74, 6) is -2.81.